The lowest BCUT2D eigenvalue weighted by Crippen LogP contribution is -2.46. The van der Waals surface area contributed by atoms with Crippen molar-refractivity contribution in [2.45, 2.75) is 32.2 Å². The van der Waals surface area contributed by atoms with E-state index in [0.717, 1.165) is 19.5 Å². The van der Waals surface area contributed by atoms with Gasteiger partial charge in [-0.3, -0.25) is 4.79 Å². The zero-order chi connectivity index (χ0) is 19.6. The molecule has 27 heavy (non-hydrogen) atoms. The number of anilines is 1. The van der Waals surface area contributed by atoms with E-state index in [1.165, 1.54) is 6.33 Å². The number of likely N-dealkylation sites (tertiary alicyclic amines) is 1. The molecule has 0 saturated carbocycles. The van der Waals surface area contributed by atoms with Gasteiger partial charge in [-0.05, 0) is 46.8 Å². The van der Waals surface area contributed by atoms with Gasteiger partial charge in [-0.25, -0.2) is 14.8 Å². The molecule has 1 saturated heterocycles. The number of aromatic nitrogens is 2. The Morgan fingerprint density at radius 1 is 1.30 bits per heavy atom. The number of rotatable bonds is 8. The average molecular weight is 378 g/mol. The lowest BCUT2D eigenvalue weighted by molar-refractivity contribution is 0.0856. The molecule has 1 aliphatic heterocycles. The minimum absolute atomic E-state index is 0.0228. The minimum Gasteiger partial charge on any atom is -0.450 e. The van der Waals surface area contributed by atoms with E-state index in [0.29, 0.717) is 44.0 Å². The number of nitrogens with zero attached hydrogens (tertiary/aromatic N) is 4. The third kappa shape index (κ3) is 7.01. The van der Waals surface area contributed by atoms with Gasteiger partial charge in [-0.15, -0.1) is 0 Å². The van der Waals surface area contributed by atoms with Crippen LogP contribution in [0.5, 0.6) is 0 Å². The van der Waals surface area contributed by atoms with Gasteiger partial charge in [0.2, 0.25) is 0 Å². The second-order valence-electron chi connectivity index (χ2n) is 6.81. The predicted octanol–water partition coefficient (Wildman–Crippen LogP) is 1.19. The lowest BCUT2D eigenvalue weighted by atomic mass is 10.1. The predicted molar refractivity (Wildman–Crippen MR) is 103 cm³/mol. The minimum atomic E-state index is -0.289. The second kappa shape index (κ2) is 10.7. The Labute approximate surface area is 160 Å². The van der Waals surface area contributed by atoms with Gasteiger partial charge < -0.3 is 25.2 Å². The number of hydrogen-bond donors (Lipinski definition) is 2. The molecule has 0 radical (unpaired) electrons. The van der Waals surface area contributed by atoms with Crippen LogP contribution in [0.2, 0.25) is 0 Å². The molecule has 0 bridgehead atoms. The van der Waals surface area contributed by atoms with E-state index in [2.05, 4.69) is 25.5 Å². The number of hydrogen-bond acceptors (Lipinski definition) is 7. The van der Waals surface area contributed by atoms with Crippen LogP contribution in [0, 0.1) is 0 Å². The number of carbonyl (C=O) groups is 2. The monoisotopic (exact) mass is 378 g/mol. The molecule has 1 aromatic rings. The summed E-state index contributed by atoms with van der Waals surface area (Å²) in [4.78, 5) is 36.2. The van der Waals surface area contributed by atoms with Crippen molar-refractivity contribution < 1.29 is 14.3 Å². The van der Waals surface area contributed by atoms with Gasteiger partial charge in [0.1, 0.15) is 17.8 Å². The quantitative estimate of drug-likeness (QED) is 0.656. The van der Waals surface area contributed by atoms with Crippen molar-refractivity contribution >= 4 is 17.8 Å². The van der Waals surface area contributed by atoms with E-state index in [9.17, 15) is 9.59 Å². The first-order valence-corrected chi connectivity index (χ1v) is 9.42. The van der Waals surface area contributed by atoms with Gasteiger partial charge >= 0.3 is 6.09 Å². The van der Waals surface area contributed by atoms with Crippen LogP contribution in [0.1, 0.15) is 36.7 Å². The van der Waals surface area contributed by atoms with Crippen LogP contribution >= 0.6 is 0 Å². The van der Waals surface area contributed by atoms with Crippen molar-refractivity contribution in [1.82, 2.24) is 25.1 Å². The molecule has 0 atom stereocenters. The van der Waals surface area contributed by atoms with Crippen molar-refractivity contribution in [2.24, 2.45) is 0 Å². The molecule has 150 valence electrons. The van der Waals surface area contributed by atoms with Gasteiger partial charge in [-0.2, -0.15) is 0 Å². The maximum atomic E-state index is 12.5. The van der Waals surface area contributed by atoms with Crippen LogP contribution in [-0.4, -0.2) is 84.7 Å². The van der Waals surface area contributed by atoms with Crippen LogP contribution in [0.25, 0.3) is 0 Å². The summed E-state index contributed by atoms with van der Waals surface area (Å²) < 4.78 is 5.01. The normalized spacial score (nSPS) is 14.9. The summed E-state index contributed by atoms with van der Waals surface area (Å²) in [6.45, 7) is 5.07. The van der Waals surface area contributed by atoms with Gasteiger partial charge in [0.15, 0.2) is 0 Å². The first kappa shape index (κ1) is 20.9. The molecule has 1 aliphatic rings. The smallest absolute Gasteiger partial charge is 0.409 e. The first-order chi connectivity index (χ1) is 13.0. The summed E-state index contributed by atoms with van der Waals surface area (Å²) in [6, 6.07) is 1.69. The first-order valence-electron chi connectivity index (χ1n) is 9.42. The third-order valence-corrected chi connectivity index (χ3v) is 4.34. The van der Waals surface area contributed by atoms with E-state index in [1.54, 1.807) is 17.9 Å². The molecule has 0 aromatic carbocycles. The third-order valence-electron chi connectivity index (χ3n) is 4.34. The highest BCUT2D eigenvalue weighted by Gasteiger charge is 2.25. The number of carbonyl (C=O) groups excluding carboxylic acids is 2. The summed E-state index contributed by atoms with van der Waals surface area (Å²) >= 11 is 0. The Morgan fingerprint density at radius 2 is 2.04 bits per heavy atom. The standard InChI is InChI=1S/C18H30N6O3/c1-4-27-18(26)24-10-6-14(7-11-24)22-17(25)15-12-16(21-13-20-15)19-8-5-9-23(2)3/h12-14H,4-11H2,1-3H3,(H,22,25)(H,19,20,21). The molecule has 0 spiro atoms. The molecule has 2 amide bonds. The van der Waals surface area contributed by atoms with E-state index >= 15 is 0 Å². The summed E-state index contributed by atoms with van der Waals surface area (Å²) in [5, 5.41) is 6.21. The fourth-order valence-electron chi connectivity index (χ4n) is 2.87. The van der Waals surface area contributed by atoms with Crippen LogP contribution < -0.4 is 10.6 Å². The molecule has 0 unspecified atom stereocenters. The van der Waals surface area contributed by atoms with Crippen LogP contribution in [0.3, 0.4) is 0 Å². The number of amides is 2. The highest BCUT2D eigenvalue weighted by atomic mass is 16.6. The van der Waals surface area contributed by atoms with E-state index in [4.69, 9.17) is 4.74 Å². The highest BCUT2D eigenvalue weighted by molar-refractivity contribution is 5.93. The molecule has 2 N–H and O–H groups in total. The number of ether oxygens (including phenoxy) is 1. The lowest BCUT2D eigenvalue weighted by Gasteiger charge is -2.31. The van der Waals surface area contributed by atoms with Crippen molar-refractivity contribution in [3.05, 3.63) is 18.1 Å². The van der Waals surface area contributed by atoms with Crippen LogP contribution in [-0.2, 0) is 4.74 Å². The van der Waals surface area contributed by atoms with Gasteiger partial charge in [0, 0.05) is 31.7 Å². The topological polar surface area (TPSA) is 99.7 Å². The summed E-state index contributed by atoms with van der Waals surface area (Å²) in [5.41, 5.74) is 0.341. The molecule has 2 rings (SSSR count). The molecular weight excluding hydrogens is 348 g/mol. The van der Waals surface area contributed by atoms with Gasteiger partial charge in [-0.1, -0.05) is 0 Å². The van der Waals surface area contributed by atoms with Gasteiger partial charge in [0.05, 0.1) is 6.61 Å². The number of piperidine rings is 1. The molecule has 1 aromatic heterocycles. The molecule has 2 heterocycles. The van der Waals surface area contributed by atoms with E-state index in [-0.39, 0.29) is 18.0 Å². The Morgan fingerprint density at radius 3 is 2.70 bits per heavy atom. The Hall–Kier alpha value is -2.42. The Balaban J connectivity index is 1.79. The van der Waals surface area contributed by atoms with Crippen molar-refractivity contribution in [2.75, 3.05) is 52.2 Å². The van der Waals surface area contributed by atoms with Crippen molar-refractivity contribution in [3.8, 4) is 0 Å². The molecule has 1 fully saturated rings. The SMILES string of the molecule is CCOC(=O)N1CCC(NC(=O)c2cc(NCCCN(C)C)ncn2)CC1. The maximum absolute atomic E-state index is 12.5. The summed E-state index contributed by atoms with van der Waals surface area (Å²) in [7, 11) is 4.06. The summed E-state index contributed by atoms with van der Waals surface area (Å²) in [5.74, 6) is 0.425. The summed E-state index contributed by atoms with van der Waals surface area (Å²) in [6.07, 6.45) is 3.49. The maximum Gasteiger partial charge on any atom is 0.409 e. The number of nitrogens with one attached hydrogen (secondary N) is 2. The zero-order valence-electron chi connectivity index (χ0n) is 16.4. The van der Waals surface area contributed by atoms with Crippen LogP contribution in [0.4, 0.5) is 10.6 Å². The molecule has 9 heteroatoms. The Bertz CT molecular complexity index is 617. The van der Waals surface area contributed by atoms with Crippen molar-refractivity contribution in [3.63, 3.8) is 0 Å². The van der Waals surface area contributed by atoms with E-state index < -0.39 is 0 Å². The molecular formula is C18H30N6O3. The zero-order valence-corrected chi connectivity index (χ0v) is 16.4. The van der Waals surface area contributed by atoms with E-state index in [1.807, 2.05) is 14.1 Å². The fourth-order valence-corrected chi connectivity index (χ4v) is 2.87. The largest absolute Gasteiger partial charge is 0.450 e. The van der Waals surface area contributed by atoms with Crippen molar-refractivity contribution in [1.29, 1.82) is 0 Å². The molecule has 9 nitrogen and oxygen atoms in total. The second-order valence-corrected chi connectivity index (χ2v) is 6.81. The molecule has 0 aliphatic carbocycles. The fraction of sp³-hybridized carbons (Fsp3) is 0.667. The Kier molecular flexibility index (Phi) is 8.25. The highest BCUT2D eigenvalue weighted by Crippen LogP contribution is 2.12. The average Bonchev–Trinajstić information content (AvgIpc) is 2.66. The van der Waals surface area contributed by atoms with Crippen LogP contribution in [0.15, 0.2) is 12.4 Å². The van der Waals surface area contributed by atoms with Gasteiger partial charge in [0.25, 0.3) is 5.91 Å².